The Morgan fingerprint density at radius 2 is 2.18 bits per heavy atom. The van der Waals surface area contributed by atoms with Crippen molar-refractivity contribution in [3.8, 4) is 0 Å². The quantitative estimate of drug-likeness (QED) is 0.612. The molecule has 0 aromatic heterocycles. The van der Waals surface area contributed by atoms with Crippen LogP contribution in [-0.4, -0.2) is 71.3 Å². The lowest BCUT2D eigenvalue weighted by molar-refractivity contribution is 0.198. The number of ether oxygens (including phenoxy) is 1. The van der Waals surface area contributed by atoms with Gasteiger partial charge in [-0.2, -0.15) is 0 Å². The summed E-state index contributed by atoms with van der Waals surface area (Å²) in [5.74, 6) is 0.689. The molecule has 0 aromatic carbocycles. The van der Waals surface area contributed by atoms with Crippen molar-refractivity contribution in [2.75, 3.05) is 51.9 Å². The SMILES string of the molecule is COCCNCCCN(C)C1CCS(=O)(=O)C1. The Labute approximate surface area is 104 Å². The Bertz CT molecular complexity index is 306. The number of rotatable bonds is 8. The van der Waals surface area contributed by atoms with Crippen molar-refractivity contribution < 1.29 is 13.2 Å². The number of hydrogen-bond donors (Lipinski definition) is 1. The maximum Gasteiger partial charge on any atom is 0.151 e. The highest BCUT2D eigenvalue weighted by atomic mass is 32.2. The second kappa shape index (κ2) is 7.31. The molecule has 17 heavy (non-hydrogen) atoms. The van der Waals surface area contributed by atoms with Crippen LogP contribution in [0, 0.1) is 0 Å². The molecule has 1 aliphatic heterocycles. The van der Waals surface area contributed by atoms with E-state index in [2.05, 4.69) is 10.2 Å². The van der Waals surface area contributed by atoms with E-state index in [1.165, 1.54) is 0 Å². The van der Waals surface area contributed by atoms with E-state index in [-0.39, 0.29) is 6.04 Å². The first-order valence-electron chi connectivity index (χ1n) is 6.15. The summed E-state index contributed by atoms with van der Waals surface area (Å²) in [5, 5.41) is 3.28. The maximum atomic E-state index is 11.3. The van der Waals surface area contributed by atoms with Gasteiger partial charge in [-0.25, -0.2) is 8.42 Å². The van der Waals surface area contributed by atoms with Gasteiger partial charge in [-0.1, -0.05) is 0 Å². The van der Waals surface area contributed by atoms with Crippen molar-refractivity contribution in [1.82, 2.24) is 10.2 Å². The number of sulfone groups is 1. The van der Waals surface area contributed by atoms with Crippen LogP contribution in [0.15, 0.2) is 0 Å². The summed E-state index contributed by atoms with van der Waals surface area (Å²) in [7, 11) is 0.948. The molecule has 6 heteroatoms. The van der Waals surface area contributed by atoms with Crippen LogP contribution in [0.25, 0.3) is 0 Å². The Morgan fingerprint density at radius 3 is 2.76 bits per heavy atom. The molecule has 0 radical (unpaired) electrons. The Balaban J connectivity index is 2.07. The molecular weight excluding hydrogens is 240 g/mol. The van der Waals surface area contributed by atoms with Crippen LogP contribution >= 0.6 is 0 Å². The van der Waals surface area contributed by atoms with Gasteiger partial charge in [0, 0.05) is 19.7 Å². The molecule has 1 N–H and O–H groups in total. The molecular formula is C11H24N2O3S. The molecule has 0 aliphatic carbocycles. The number of methoxy groups -OCH3 is 1. The van der Waals surface area contributed by atoms with Crippen LogP contribution in [0.2, 0.25) is 0 Å². The first-order chi connectivity index (χ1) is 8.05. The fourth-order valence-electron chi connectivity index (χ4n) is 2.06. The summed E-state index contributed by atoms with van der Waals surface area (Å²) in [6.45, 7) is 3.50. The van der Waals surface area contributed by atoms with Gasteiger partial charge in [-0.3, -0.25) is 0 Å². The monoisotopic (exact) mass is 264 g/mol. The molecule has 1 fully saturated rings. The third-order valence-corrected chi connectivity index (χ3v) is 4.93. The van der Waals surface area contributed by atoms with Gasteiger partial charge < -0.3 is 15.0 Å². The minimum Gasteiger partial charge on any atom is -0.383 e. The zero-order chi connectivity index (χ0) is 12.7. The van der Waals surface area contributed by atoms with Crippen LogP contribution in [-0.2, 0) is 14.6 Å². The van der Waals surface area contributed by atoms with Gasteiger partial charge in [0.05, 0.1) is 18.1 Å². The van der Waals surface area contributed by atoms with E-state index in [9.17, 15) is 8.42 Å². The number of hydrogen-bond acceptors (Lipinski definition) is 5. The van der Waals surface area contributed by atoms with Gasteiger partial charge in [-0.15, -0.1) is 0 Å². The molecule has 0 saturated carbocycles. The molecule has 1 saturated heterocycles. The summed E-state index contributed by atoms with van der Waals surface area (Å²) in [6, 6.07) is 0.221. The number of nitrogens with zero attached hydrogens (tertiary/aromatic N) is 1. The third kappa shape index (κ3) is 5.81. The molecule has 1 aliphatic rings. The van der Waals surface area contributed by atoms with E-state index < -0.39 is 9.84 Å². The molecule has 1 atom stereocenters. The normalized spacial score (nSPS) is 23.4. The van der Waals surface area contributed by atoms with Gasteiger partial charge in [0.2, 0.25) is 0 Å². The Kier molecular flexibility index (Phi) is 6.40. The zero-order valence-corrected chi connectivity index (χ0v) is 11.6. The van der Waals surface area contributed by atoms with Gasteiger partial charge in [0.1, 0.15) is 0 Å². The minimum absolute atomic E-state index is 0.221. The smallest absolute Gasteiger partial charge is 0.151 e. The van der Waals surface area contributed by atoms with Gasteiger partial charge >= 0.3 is 0 Å². The van der Waals surface area contributed by atoms with Crippen molar-refractivity contribution in [1.29, 1.82) is 0 Å². The summed E-state index contributed by atoms with van der Waals surface area (Å²) in [5.41, 5.74) is 0. The third-order valence-electron chi connectivity index (χ3n) is 3.18. The van der Waals surface area contributed by atoms with Crippen LogP contribution in [0.1, 0.15) is 12.8 Å². The van der Waals surface area contributed by atoms with Crippen molar-refractivity contribution in [3.05, 3.63) is 0 Å². The molecule has 102 valence electrons. The summed E-state index contributed by atoms with van der Waals surface area (Å²) in [4.78, 5) is 2.17. The fourth-order valence-corrected chi connectivity index (χ4v) is 3.86. The van der Waals surface area contributed by atoms with Gasteiger partial charge in [0.25, 0.3) is 0 Å². The van der Waals surface area contributed by atoms with Crippen LogP contribution < -0.4 is 5.32 Å². The Morgan fingerprint density at radius 1 is 1.41 bits per heavy atom. The van der Waals surface area contributed by atoms with Crippen molar-refractivity contribution in [3.63, 3.8) is 0 Å². The fraction of sp³-hybridized carbons (Fsp3) is 1.00. The van der Waals surface area contributed by atoms with Crippen LogP contribution in [0.3, 0.4) is 0 Å². The zero-order valence-electron chi connectivity index (χ0n) is 10.8. The summed E-state index contributed by atoms with van der Waals surface area (Å²) in [6.07, 6.45) is 1.83. The van der Waals surface area contributed by atoms with E-state index >= 15 is 0 Å². The molecule has 1 unspecified atom stereocenters. The highest BCUT2D eigenvalue weighted by molar-refractivity contribution is 7.91. The maximum absolute atomic E-state index is 11.3. The second-order valence-electron chi connectivity index (χ2n) is 4.63. The lowest BCUT2D eigenvalue weighted by Crippen LogP contribution is -2.34. The lowest BCUT2D eigenvalue weighted by atomic mass is 10.2. The molecule has 1 heterocycles. The lowest BCUT2D eigenvalue weighted by Gasteiger charge is -2.22. The minimum atomic E-state index is -2.76. The van der Waals surface area contributed by atoms with Crippen LogP contribution in [0.5, 0.6) is 0 Å². The summed E-state index contributed by atoms with van der Waals surface area (Å²) >= 11 is 0. The first-order valence-corrected chi connectivity index (χ1v) is 7.97. The highest BCUT2D eigenvalue weighted by Gasteiger charge is 2.30. The largest absolute Gasteiger partial charge is 0.383 e. The number of nitrogens with one attached hydrogen (secondary N) is 1. The van der Waals surface area contributed by atoms with Gasteiger partial charge in [-0.05, 0) is 33.0 Å². The highest BCUT2D eigenvalue weighted by Crippen LogP contribution is 2.16. The topological polar surface area (TPSA) is 58.6 Å². The van der Waals surface area contributed by atoms with Crippen molar-refractivity contribution in [2.24, 2.45) is 0 Å². The standard InChI is InChI=1S/C11H24N2O3S/c1-13(7-3-5-12-6-8-16-2)11-4-9-17(14,15)10-11/h11-12H,3-10H2,1-2H3. The predicted molar refractivity (Wildman–Crippen MR) is 69.1 cm³/mol. The van der Waals surface area contributed by atoms with E-state index in [0.29, 0.717) is 11.5 Å². The van der Waals surface area contributed by atoms with Gasteiger partial charge in [0.15, 0.2) is 9.84 Å². The average molecular weight is 264 g/mol. The summed E-state index contributed by atoms with van der Waals surface area (Å²) < 4.78 is 27.6. The molecule has 5 nitrogen and oxygen atoms in total. The Hall–Kier alpha value is -0.170. The van der Waals surface area contributed by atoms with E-state index in [0.717, 1.165) is 39.1 Å². The molecule has 0 aromatic rings. The second-order valence-corrected chi connectivity index (χ2v) is 6.86. The average Bonchev–Trinajstić information content (AvgIpc) is 2.64. The first kappa shape index (κ1) is 14.9. The van der Waals surface area contributed by atoms with Crippen molar-refractivity contribution >= 4 is 9.84 Å². The van der Waals surface area contributed by atoms with E-state index in [1.807, 2.05) is 7.05 Å². The van der Waals surface area contributed by atoms with Crippen LogP contribution in [0.4, 0.5) is 0 Å². The molecule has 0 spiro atoms. The molecule has 1 rings (SSSR count). The van der Waals surface area contributed by atoms with E-state index in [4.69, 9.17) is 4.74 Å². The van der Waals surface area contributed by atoms with Crippen molar-refractivity contribution in [2.45, 2.75) is 18.9 Å². The molecule has 0 bridgehead atoms. The van der Waals surface area contributed by atoms with E-state index in [1.54, 1.807) is 7.11 Å². The molecule has 0 amide bonds. The predicted octanol–water partition coefficient (Wildman–Crippen LogP) is -0.269.